The van der Waals surface area contributed by atoms with Gasteiger partial charge < -0.3 is 9.30 Å². The minimum atomic E-state index is -3.63. The minimum Gasteiger partial charge on any atom is -0.309 e. The number of carbonyl (C=O) groups is 1. The Morgan fingerprint density at radius 2 is 2.11 bits per heavy atom. The first kappa shape index (κ1) is 18.6. The summed E-state index contributed by atoms with van der Waals surface area (Å²) in [5.41, 5.74) is 3.34. The van der Waals surface area contributed by atoms with Crippen LogP contribution in [0, 0.1) is 0 Å². The zero-order valence-electron chi connectivity index (χ0n) is 15.8. The molecule has 0 fully saturated rings. The number of nitrogens with one attached hydrogen (secondary N) is 1. The maximum Gasteiger partial charge on any atom is 0.240 e. The number of pyridine rings is 1. The number of amides is 1. The van der Waals surface area contributed by atoms with Crippen LogP contribution in [-0.4, -0.2) is 36.3 Å². The van der Waals surface area contributed by atoms with Crippen LogP contribution in [0.4, 0.5) is 5.69 Å². The summed E-state index contributed by atoms with van der Waals surface area (Å²) in [4.78, 5) is 18.2. The lowest BCUT2D eigenvalue weighted by molar-refractivity contribution is -0.116. The molecule has 4 rings (SSSR count). The maximum atomic E-state index is 12.7. The van der Waals surface area contributed by atoms with Crippen LogP contribution in [0.5, 0.6) is 0 Å². The fraction of sp³-hybridized carbons (Fsp3) is 0.300. The number of carbonyl (C=O) groups excluding carboxylic acids is 1. The van der Waals surface area contributed by atoms with Gasteiger partial charge in [-0.1, -0.05) is 6.07 Å². The largest absolute Gasteiger partial charge is 0.309 e. The molecule has 0 aliphatic carbocycles. The summed E-state index contributed by atoms with van der Waals surface area (Å²) in [6, 6.07) is 10.7. The molecule has 8 heteroatoms. The van der Waals surface area contributed by atoms with E-state index in [1.54, 1.807) is 23.1 Å². The Labute approximate surface area is 164 Å². The number of hydrogen-bond acceptors (Lipinski definition) is 4. The standard InChI is InChI=1S/C20H22N4O3S/c1-14-11-16-12-18(6-7-19(16)24(14)15(2)25)28(26,27)21-9-8-17-13-23-10-4-3-5-20(23)22-17/h3-7,10,12-14,21H,8-9,11H2,1-2H3. The average molecular weight is 398 g/mol. The van der Waals surface area contributed by atoms with Gasteiger partial charge >= 0.3 is 0 Å². The Kier molecular flexibility index (Phi) is 4.68. The van der Waals surface area contributed by atoms with Crippen LogP contribution in [0.25, 0.3) is 5.65 Å². The lowest BCUT2D eigenvalue weighted by atomic mass is 10.1. The number of benzene rings is 1. The molecule has 3 aromatic rings. The van der Waals surface area contributed by atoms with Crippen molar-refractivity contribution in [2.24, 2.45) is 0 Å². The number of hydrogen-bond donors (Lipinski definition) is 1. The zero-order valence-corrected chi connectivity index (χ0v) is 16.6. The van der Waals surface area contributed by atoms with E-state index in [9.17, 15) is 13.2 Å². The van der Waals surface area contributed by atoms with Gasteiger partial charge in [-0.15, -0.1) is 0 Å². The molecule has 0 saturated carbocycles. The van der Waals surface area contributed by atoms with E-state index >= 15 is 0 Å². The molecule has 1 aliphatic rings. The first-order valence-corrected chi connectivity index (χ1v) is 10.7. The van der Waals surface area contributed by atoms with Crippen LogP contribution >= 0.6 is 0 Å². The Morgan fingerprint density at radius 3 is 2.86 bits per heavy atom. The van der Waals surface area contributed by atoms with Crippen LogP contribution in [0.2, 0.25) is 0 Å². The molecule has 0 bridgehead atoms. The summed E-state index contributed by atoms with van der Waals surface area (Å²) in [7, 11) is -3.63. The van der Waals surface area contributed by atoms with E-state index in [1.807, 2.05) is 41.9 Å². The summed E-state index contributed by atoms with van der Waals surface area (Å²) in [5, 5.41) is 0. The third-order valence-electron chi connectivity index (χ3n) is 5.00. The number of rotatable bonds is 5. The predicted octanol–water partition coefficient (Wildman–Crippen LogP) is 2.15. The van der Waals surface area contributed by atoms with Crippen molar-refractivity contribution in [3.05, 3.63) is 60.0 Å². The summed E-state index contributed by atoms with van der Waals surface area (Å²) in [5.74, 6) is -0.0348. The molecule has 3 heterocycles. The quantitative estimate of drug-likeness (QED) is 0.714. The summed E-state index contributed by atoms with van der Waals surface area (Å²) in [6.07, 6.45) is 4.96. The third kappa shape index (κ3) is 3.41. The molecular weight excluding hydrogens is 376 g/mol. The van der Waals surface area contributed by atoms with Crippen molar-refractivity contribution in [1.29, 1.82) is 0 Å². The van der Waals surface area contributed by atoms with Crippen molar-refractivity contribution in [2.45, 2.75) is 37.6 Å². The Hall–Kier alpha value is -2.71. The van der Waals surface area contributed by atoms with E-state index in [1.165, 1.54) is 6.92 Å². The van der Waals surface area contributed by atoms with Crippen LogP contribution in [-0.2, 0) is 27.7 Å². The van der Waals surface area contributed by atoms with Gasteiger partial charge in [0.1, 0.15) is 5.65 Å². The molecule has 146 valence electrons. The fourth-order valence-electron chi connectivity index (χ4n) is 3.76. The second-order valence-corrected chi connectivity index (χ2v) is 8.85. The van der Waals surface area contributed by atoms with Crippen LogP contribution in [0.3, 0.4) is 0 Å². The van der Waals surface area contributed by atoms with E-state index in [0.717, 1.165) is 22.6 Å². The summed E-state index contributed by atoms with van der Waals surface area (Å²) in [6.45, 7) is 3.75. The monoisotopic (exact) mass is 398 g/mol. The van der Waals surface area contributed by atoms with Crippen LogP contribution < -0.4 is 9.62 Å². The van der Waals surface area contributed by atoms with Gasteiger partial charge in [-0.3, -0.25) is 4.79 Å². The molecule has 0 radical (unpaired) electrons. The van der Waals surface area contributed by atoms with Crippen LogP contribution in [0.1, 0.15) is 25.1 Å². The number of anilines is 1. The number of imidazole rings is 1. The highest BCUT2D eigenvalue weighted by Crippen LogP contribution is 2.33. The number of fused-ring (bicyclic) bond motifs is 2. The van der Waals surface area contributed by atoms with Gasteiger partial charge in [0.05, 0.1) is 10.6 Å². The predicted molar refractivity (Wildman–Crippen MR) is 107 cm³/mol. The third-order valence-corrected chi connectivity index (χ3v) is 6.46. The molecule has 2 aromatic heterocycles. The zero-order chi connectivity index (χ0) is 19.9. The number of nitrogens with zero attached hydrogens (tertiary/aromatic N) is 3. The molecule has 1 N–H and O–H groups in total. The van der Waals surface area contributed by atoms with Crippen molar-refractivity contribution in [3.63, 3.8) is 0 Å². The second kappa shape index (κ2) is 7.03. The molecule has 0 spiro atoms. The second-order valence-electron chi connectivity index (χ2n) is 7.08. The normalized spacial score (nSPS) is 16.5. The van der Waals surface area contributed by atoms with Gasteiger partial charge in [0.15, 0.2) is 0 Å². The first-order valence-electron chi connectivity index (χ1n) is 9.20. The van der Waals surface area contributed by atoms with Gasteiger partial charge in [-0.2, -0.15) is 0 Å². The molecule has 1 amide bonds. The fourth-order valence-corrected chi connectivity index (χ4v) is 4.84. The van der Waals surface area contributed by atoms with Crippen molar-refractivity contribution in [1.82, 2.24) is 14.1 Å². The van der Waals surface area contributed by atoms with E-state index in [-0.39, 0.29) is 23.4 Å². The van der Waals surface area contributed by atoms with E-state index < -0.39 is 10.0 Å². The van der Waals surface area contributed by atoms with Gasteiger partial charge in [-0.25, -0.2) is 18.1 Å². The first-order chi connectivity index (χ1) is 13.3. The Bertz CT molecular complexity index is 1120. The van der Waals surface area contributed by atoms with E-state index in [4.69, 9.17) is 0 Å². The van der Waals surface area contributed by atoms with Gasteiger partial charge in [0.2, 0.25) is 15.9 Å². The van der Waals surface area contributed by atoms with Gasteiger partial charge in [0, 0.05) is 44.0 Å². The lowest BCUT2D eigenvalue weighted by Crippen LogP contribution is -2.33. The maximum absolute atomic E-state index is 12.7. The van der Waals surface area contributed by atoms with Crippen LogP contribution in [0.15, 0.2) is 53.7 Å². The molecule has 28 heavy (non-hydrogen) atoms. The number of aromatic nitrogens is 2. The molecule has 1 aromatic carbocycles. The molecule has 7 nitrogen and oxygen atoms in total. The van der Waals surface area contributed by atoms with Gasteiger partial charge in [0.25, 0.3) is 0 Å². The summed E-state index contributed by atoms with van der Waals surface area (Å²) >= 11 is 0. The smallest absolute Gasteiger partial charge is 0.240 e. The molecule has 1 unspecified atom stereocenters. The minimum absolute atomic E-state index is 0.0348. The molecular formula is C20H22N4O3S. The number of sulfonamides is 1. The van der Waals surface area contributed by atoms with Crippen molar-refractivity contribution >= 4 is 27.3 Å². The average Bonchev–Trinajstić information content (AvgIpc) is 3.19. The summed E-state index contributed by atoms with van der Waals surface area (Å²) < 4.78 is 29.9. The Morgan fingerprint density at radius 1 is 1.29 bits per heavy atom. The lowest BCUT2D eigenvalue weighted by Gasteiger charge is -2.20. The van der Waals surface area contributed by atoms with Crippen molar-refractivity contribution in [2.75, 3.05) is 11.4 Å². The van der Waals surface area contributed by atoms with Crippen molar-refractivity contribution in [3.8, 4) is 0 Å². The molecule has 1 atom stereocenters. The molecule has 1 aliphatic heterocycles. The highest BCUT2D eigenvalue weighted by molar-refractivity contribution is 7.89. The highest BCUT2D eigenvalue weighted by atomic mass is 32.2. The van der Waals surface area contributed by atoms with Crippen molar-refractivity contribution < 1.29 is 13.2 Å². The molecule has 0 saturated heterocycles. The van der Waals surface area contributed by atoms with Gasteiger partial charge in [-0.05, 0) is 49.2 Å². The highest BCUT2D eigenvalue weighted by Gasteiger charge is 2.30. The van der Waals surface area contributed by atoms with E-state index in [0.29, 0.717) is 12.8 Å². The Balaban J connectivity index is 1.47. The van der Waals surface area contributed by atoms with E-state index in [2.05, 4.69) is 9.71 Å². The SMILES string of the molecule is CC(=O)N1c2ccc(S(=O)(=O)NCCc3cn4ccccc4n3)cc2CC1C. The topological polar surface area (TPSA) is 83.8 Å².